The van der Waals surface area contributed by atoms with Crippen molar-refractivity contribution in [3.8, 4) is 0 Å². The second-order valence-corrected chi connectivity index (χ2v) is 9.23. The Labute approximate surface area is 212 Å². The number of piperazine rings is 1. The van der Waals surface area contributed by atoms with Crippen LogP contribution >= 0.6 is 23.4 Å². The van der Waals surface area contributed by atoms with Gasteiger partial charge in [0.1, 0.15) is 18.3 Å². The number of aromatic nitrogens is 1. The highest BCUT2D eigenvalue weighted by atomic mass is 35.5. The first-order chi connectivity index (χ1) is 16.7. The van der Waals surface area contributed by atoms with Crippen LogP contribution in [-0.2, 0) is 0 Å². The maximum Gasteiger partial charge on any atom is 0.446 e. The number of likely N-dealkylation sites (N-methyl/N-ethyl adjacent to an activating group) is 1. The van der Waals surface area contributed by atoms with E-state index < -0.39 is 5.51 Å². The van der Waals surface area contributed by atoms with E-state index in [9.17, 15) is 13.2 Å². The Balaban J connectivity index is 1.71. The van der Waals surface area contributed by atoms with Gasteiger partial charge in [0.15, 0.2) is 0 Å². The molecule has 12 heteroatoms. The molecular formula is C23H27ClF3N7S. The number of nitrogens with one attached hydrogen (secondary N) is 1. The standard InChI is InChI=1S/C23H27ClF3N7S/c1-4-20(32(2)3)31-22(34-13-11-33(12-14-34)21-7-5-6-10-28-21)30-16-29-17-8-9-19(18(24)15-17)35-23(25,26)27/h4-10,15,29H,1,11-14,16H2,2-3H3/b30-22+,31-20+. The number of nitrogens with zero attached hydrogens (tertiary/aromatic N) is 6. The molecule has 0 atom stereocenters. The number of benzene rings is 1. The van der Waals surface area contributed by atoms with Crippen molar-refractivity contribution in [1.82, 2.24) is 14.8 Å². The number of pyridine rings is 1. The average molecular weight is 526 g/mol. The molecule has 0 radical (unpaired) electrons. The quantitative estimate of drug-likeness (QED) is 0.324. The Morgan fingerprint density at radius 2 is 1.97 bits per heavy atom. The van der Waals surface area contributed by atoms with Gasteiger partial charge in [0.05, 0.1) is 5.02 Å². The highest BCUT2D eigenvalue weighted by Crippen LogP contribution is 2.40. The lowest BCUT2D eigenvalue weighted by atomic mass is 10.3. The molecular weight excluding hydrogens is 499 g/mol. The Morgan fingerprint density at radius 1 is 1.23 bits per heavy atom. The van der Waals surface area contributed by atoms with Crippen molar-refractivity contribution < 1.29 is 13.2 Å². The highest BCUT2D eigenvalue weighted by Gasteiger charge is 2.30. The summed E-state index contributed by atoms with van der Waals surface area (Å²) in [5.74, 6) is 2.13. The third kappa shape index (κ3) is 8.07. The molecule has 0 amide bonds. The van der Waals surface area contributed by atoms with E-state index in [0.717, 1.165) is 18.9 Å². The minimum Gasteiger partial charge on any atom is -0.366 e. The monoisotopic (exact) mass is 525 g/mol. The fourth-order valence-electron chi connectivity index (χ4n) is 3.33. The number of hydrogen-bond acceptors (Lipinski definition) is 5. The van der Waals surface area contributed by atoms with Crippen LogP contribution in [0.3, 0.4) is 0 Å². The molecule has 0 aliphatic carbocycles. The molecule has 1 fully saturated rings. The van der Waals surface area contributed by atoms with Crippen molar-refractivity contribution in [2.45, 2.75) is 10.4 Å². The van der Waals surface area contributed by atoms with Gasteiger partial charge in [-0.2, -0.15) is 18.2 Å². The second kappa shape index (κ2) is 12.2. The molecule has 1 N–H and O–H groups in total. The van der Waals surface area contributed by atoms with Crippen LogP contribution in [0.15, 0.2) is 70.1 Å². The highest BCUT2D eigenvalue weighted by molar-refractivity contribution is 8.00. The molecule has 2 heterocycles. The number of anilines is 2. The average Bonchev–Trinajstić information content (AvgIpc) is 2.82. The Morgan fingerprint density at radius 3 is 2.54 bits per heavy atom. The first-order valence-electron chi connectivity index (χ1n) is 10.8. The Hall–Kier alpha value is -2.92. The molecule has 2 aromatic rings. The molecule has 0 saturated carbocycles. The lowest BCUT2D eigenvalue weighted by Gasteiger charge is -2.36. The minimum atomic E-state index is -4.40. The van der Waals surface area contributed by atoms with E-state index in [1.165, 1.54) is 12.1 Å². The van der Waals surface area contributed by atoms with Crippen molar-refractivity contribution >= 4 is 46.7 Å². The Kier molecular flexibility index (Phi) is 9.27. The van der Waals surface area contributed by atoms with Gasteiger partial charge in [-0.05, 0) is 48.2 Å². The van der Waals surface area contributed by atoms with Crippen LogP contribution in [0.1, 0.15) is 0 Å². The van der Waals surface area contributed by atoms with Crippen molar-refractivity contribution in [2.24, 2.45) is 9.98 Å². The zero-order valence-electron chi connectivity index (χ0n) is 19.5. The lowest BCUT2D eigenvalue weighted by molar-refractivity contribution is -0.0328. The SMILES string of the molecule is C=C/C(=N\C(=N/CNc1ccc(SC(F)(F)F)c(Cl)c1)N1CCN(c2ccccn2)CC1)N(C)C. The number of alkyl halides is 3. The van der Waals surface area contributed by atoms with E-state index in [-0.39, 0.29) is 28.3 Å². The molecule has 1 aliphatic rings. The number of halogens is 4. The zero-order chi connectivity index (χ0) is 25.4. The molecule has 1 aliphatic heterocycles. The molecule has 0 bridgehead atoms. The van der Waals surface area contributed by atoms with Gasteiger partial charge in [0.2, 0.25) is 5.96 Å². The summed E-state index contributed by atoms with van der Waals surface area (Å²) in [6.07, 6.45) is 3.43. The third-order valence-corrected chi connectivity index (χ3v) is 6.28. The normalized spacial score (nSPS) is 15.3. The second-order valence-electron chi connectivity index (χ2n) is 7.72. The van der Waals surface area contributed by atoms with Crippen LogP contribution in [0.4, 0.5) is 24.7 Å². The number of thioether (sulfide) groups is 1. The number of hydrogen-bond donors (Lipinski definition) is 1. The molecule has 1 saturated heterocycles. The largest absolute Gasteiger partial charge is 0.446 e. The van der Waals surface area contributed by atoms with Gasteiger partial charge in [-0.3, -0.25) is 0 Å². The van der Waals surface area contributed by atoms with Gasteiger partial charge in [0.25, 0.3) is 0 Å². The van der Waals surface area contributed by atoms with Crippen LogP contribution in [0.5, 0.6) is 0 Å². The maximum atomic E-state index is 12.6. The van der Waals surface area contributed by atoms with E-state index in [0.29, 0.717) is 30.6 Å². The first-order valence-corrected chi connectivity index (χ1v) is 12.0. The number of aliphatic imine (C=N–C) groups is 2. The van der Waals surface area contributed by atoms with Gasteiger partial charge < -0.3 is 20.0 Å². The van der Waals surface area contributed by atoms with E-state index in [2.05, 4.69) is 31.7 Å². The summed E-state index contributed by atoms with van der Waals surface area (Å²) in [5, 5.41) is 3.10. The van der Waals surface area contributed by atoms with Crippen molar-refractivity contribution in [1.29, 1.82) is 0 Å². The Bertz CT molecular complexity index is 1050. The van der Waals surface area contributed by atoms with Crippen molar-refractivity contribution in [2.75, 3.05) is 57.2 Å². The predicted octanol–water partition coefficient (Wildman–Crippen LogP) is 5.04. The molecule has 0 spiro atoms. The van der Waals surface area contributed by atoms with Crippen LogP contribution in [-0.4, -0.2) is 79.0 Å². The van der Waals surface area contributed by atoms with Crippen molar-refractivity contribution in [3.05, 3.63) is 60.3 Å². The molecule has 3 rings (SSSR count). The maximum absolute atomic E-state index is 12.6. The summed E-state index contributed by atoms with van der Waals surface area (Å²) in [6, 6.07) is 10.2. The summed E-state index contributed by atoms with van der Waals surface area (Å²) < 4.78 is 37.9. The fraction of sp³-hybridized carbons (Fsp3) is 0.348. The van der Waals surface area contributed by atoms with Crippen LogP contribution in [0.2, 0.25) is 5.02 Å². The van der Waals surface area contributed by atoms with Crippen LogP contribution < -0.4 is 10.2 Å². The molecule has 7 nitrogen and oxygen atoms in total. The fourth-order valence-corrected chi connectivity index (χ4v) is 4.17. The van der Waals surface area contributed by atoms with Gasteiger partial charge in [0, 0.05) is 57.1 Å². The zero-order valence-corrected chi connectivity index (χ0v) is 21.0. The van der Waals surface area contributed by atoms with Gasteiger partial charge >= 0.3 is 5.51 Å². The minimum absolute atomic E-state index is 0.0201. The van der Waals surface area contributed by atoms with E-state index >= 15 is 0 Å². The summed E-state index contributed by atoms with van der Waals surface area (Å²) in [7, 11) is 3.75. The third-order valence-electron chi connectivity index (χ3n) is 5.05. The van der Waals surface area contributed by atoms with E-state index in [1.807, 2.05) is 37.2 Å². The summed E-state index contributed by atoms with van der Waals surface area (Å²) in [5.41, 5.74) is -3.84. The lowest BCUT2D eigenvalue weighted by Crippen LogP contribution is -2.49. The van der Waals surface area contributed by atoms with Crippen molar-refractivity contribution in [3.63, 3.8) is 0 Å². The summed E-state index contributed by atoms with van der Waals surface area (Å²) in [4.78, 5) is 19.8. The smallest absolute Gasteiger partial charge is 0.366 e. The van der Waals surface area contributed by atoms with Crippen LogP contribution in [0, 0.1) is 0 Å². The van der Waals surface area contributed by atoms with E-state index in [1.54, 1.807) is 18.3 Å². The number of rotatable bonds is 6. The van der Waals surface area contributed by atoms with E-state index in [4.69, 9.17) is 16.6 Å². The molecule has 188 valence electrons. The number of amidine groups is 1. The van der Waals surface area contributed by atoms with Gasteiger partial charge in [-0.1, -0.05) is 24.2 Å². The van der Waals surface area contributed by atoms with Gasteiger partial charge in [-0.15, -0.1) is 0 Å². The predicted molar refractivity (Wildman–Crippen MR) is 139 cm³/mol. The molecule has 0 unspecified atom stereocenters. The molecule has 1 aromatic carbocycles. The molecule has 1 aromatic heterocycles. The summed E-state index contributed by atoms with van der Waals surface area (Å²) in [6.45, 7) is 6.92. The first kappa shape index (κ1) is 26.7. The number of guanidine groups is 1. The molecule has 35 heavy (non-hydrogen) atoms. The summed E-state index contributed by atoms with van der Waals surface area (Å²) >= 11 is 5.79. The topological polar surface area (TPSA) is 59.4 Å². The van der Waals surface area contributed by atoms with Gasteiger partial charge in [-0.25, -0.2) is 9.98 Å². The van der Waals surface area contributed by atoms with Crippen LogP contribution in [0.25, 0.3) is 0 Å².